The third kappa shape index (κ3) is 3.33. The highest BCUT2D eigenvalue weighted by Crippen LogP contribution is 2.32. The minimum atomic E-state index is -4.40. The molecule has 0 saturated carbocycles. The highest BCUT2D eigenvalue weighted by atomic mass is 19.4. The number of imidazole rings is 1. The first kappa shape index (κ1) is 17.0. The van der Waals surface area contributed by atoms with Crippen LogP contribution < -0.4 is 0 Å². The lowest BCUT2D eigenvalue weighted by Crippen LogP contribution is -2.35. The predicted molar refractivity (Wildman–Crippen MR) is 81.4 cm³/mol. The van der Waals surface area contributed by atoms with E-state index in [0.717, 1.165) is 42.6 Å². The zero-order valence-corrected chi connectivity index (χ0v) is 14.0. The summed E-state index contributed by atoms with van der Waals surface area (Å²) in [6, 6.07) is 0. The molecular formula is C16H21F3N4O. The lowest BCUT2D eigenvalue weighted by Gasteiger charge is -2.32. The quantitative estimate of drug-likeness (QED) is 0.857. The lowest BCUT2D eigenvalue weighted by molar-refractivity contribution is -0.141. The molecule has 132 valence electrons. The predicted octanol–water partition coefficient (Wildman–Crippen LogP) is 3.42. The molecule has 0 radical (unpaired) electrons. The largest absolute Gasteiger partial charge is 0.434 e. The molecule has 0 N–H and O–H groups in total. The van der Waals surface area contributed by atoms with E-state index in [4.69, 9.17) is 4.52 Å². The molecular weight excluding hydrogens is 321 g/mol. The van der Waals surface area contributed by atoms with Gasteiger partial charge in [0.05, 0.1) is 5.69 Å². The monoisotopic (exact) mass is 342 g/mol. The molecule has 2 aromatic rings. The van der Waals surface area contributed by atoms with Crippen LogP contribution >= 0.6 is 0 Å². The molecule has 3 heterocycles. The van der Waals surface area contributed by atoms with E-state index in [0.29, 0.717) is 18.9 Å². The van der Waals surface area contributed by atoms with Crippen LogP contribution in [0.2, 0.25) is 0 Å². The van der Waals surface area contributed by atoms with Gasteiger partial charge in [-0.2, -0.15) is 13.2 Å². The van der Waals surface area contributed by atoms with E-state index >= 15 is 0 Å². The second kappa shape index (κ2) is 6.23. The van der Waals surface area contributed by atoms with Crippen LogP contribution in [0.3, 0.4) is 0 Å². The van der Waals surface area contributed by atoms with Gasteiger partial charge in [-0.15, -0.1) is 0 Å². The number of likely N-dealkylation sites (tertiary alicyclic amines) is 1. The molecule has 0 unspecified atom stereocenters. The summed E-state index contributed by atoms with van der Waals surface area (Å²) in [4.78, 5) is 6.09. The maximum absolute atomic E-state index is 12.9. The Kier molecular flexibility index (Phi) is 4.42. The van der Waals surface area contributed by atoms with Crippen LogP contribution in [0.4, 0.5) is 13.2 Å². The lowest BCUT2D eigenvalue weighted by atomic mass is 9.96. The number of alkyl halides is 3. The van der Waals surface area contributed by atoms with E-state index in [1.54, 1.807) is 7.05 Å². The third-order valence-electron chi connectivity index (χ3n) is 4.64. The van der Waals surface area contributed by atoms with Crippen LogP contribution in [0, 0.1) is 13.8 Å². The topological polar surface area (TPSA) is 47.1 Å². The van der Waals surface area contributed by atoms with Crippen molar-refractivity contribution in [3.05, 3.63) is 34.7 Å². The third-order valence-corrected chi connectivity index (χ3v) is 4.64. The molecule has 24 heavy (non-hydrogen) atoms. The van der Waals surface area contributed by atoms with Gasteiger partial charge < -0.3 is 9.09 Å². The summed E-state index contributed by atoms with van der Waals surface area (Å²) >= 11 is 0. The molecule has 0 spiro atoms. The Morgan fingerprint density at radius 3 is 2.67 bits per heavy atom. The number of piperidine rings is 1. The van der Waals surface area contributed by atoms with E-state index in [1.165, 1.54) is 4.57 Å². The second-order valence-electron chi connectivity index (χ2n) is 6.47. The molecule has 1 aliphatic heterocycles. The first-order valence-corrected chi connectivity index (χ1v) is 8.00. The average molecular weight is 342 g/mol. The average Bonchev–Trinajstić information content (AvgIpc) is 3.05. The fraction of sp³-hybridized carbons (Fsp3) is 0.625. The Balaban J connectivity index is 1.75. The fourth-order valence-corrected chi connectivity index (χ4v) is 3.36. The smallest absolute Gasteiger partial charge is 0.361 e. The molecule has 0 aliphatic carbocycles. The summed E-state index contributed by atoms with van der Waals surface area (Å²) in [5.74, 6) is 1.30. The van der Waals surface area contributed by atoms with Crippen molar-refractivity contribution in [2.45, 2.75) is 45.3 Å². The van der Waals surface area contributed by atoms with Gasteiger partial charge in [0.25, 0.3) is 0 Å². The van der Waals surface area contributed by atoms with E-state index in [9.17, 15) is 13.2 Å². The number of halogens is 3. The van der Waals surface area contributed by atoms with E-state index in [2.05, 4.69) is 15.0 Å². The molecule has 8 heteroatoms. The number of aryl methyl sites for hydroxylation is 3. The van der Waals surface area contributed by atoms with Crippen molar-refractivity contribution in [3.8, 4) is 0 Å². The molecule has 1 fully saturated rings. The minimum Gasteiger partial charge on any atom is -0.361 e. The second-order valence-corrected chi connectivity index (χ2v) is 6.47. The van der Waals surface area contributed by atoms with Gasteiger partial charge in [-0.05, 0) is 33.2 Å². The van der Waals surface area contributed by atoms with Crippen molar-refractivity contribution < 1.29 is 17.7 Å². The Labute approximate surface area is 138 Å². The summed E-state index contributed by atoms with van der Waals surface area (Å²) in [6.45, 7) is 6.09. The molecule has 0 amide bonds. The van der Waals surface area contributed by atoms with Gasteiger partial charge in [-0.25, -0.2) is 4.98 Å². The Morgan fingerprint density at radius 2 is 2.08 bits per heavy atom. The maximum Gasteiger partial charge on any atom is 0.434 e. The molecule has 5 nitrogen and oxygen atoms in total. The Morgan fingerprint density at radius 1 is 1.33 bits per heavy atom. The number of nitrogens with zero attached hydrogens (tertiary/aromatic N) is 4. The van der Waals surface area contributed by atoms with Crippen LogP contribution in [0.5, 0.6) is 0 Å². The Bertz CT molecular complexity index is 700. The SMILES string of the molecule is Cc1noc(C)c1CN1CCC[C@@H](c2nc(C(F)(F)F)cn2C)C1. The maximum atomic E-state index is 12.9. The molecule has 0 aromatic carbocycles. The Hall–Kier alpha value is -1.83. The van der Waals surface area contributed by atoms with Crippen LogP contribution in [-0.2, 0) is 19.8 Å². The summed E-state index contributed by atoms with van der Waals surface area (Å²) < 4.78 is 45.3. The molecule has 1 saturated heterocycles. The van der Waals surface area contributed by atoms with Crippen LogP contribution in [0.25, 0.3) is 0 Å². The van der Waals surface area contributed by atoms with E-state index < -0.39 is 11.9 Å². The number of hydrogen-bond acceptors (Lipinski definition) is 4. The summed E-state index contributed by atoms with van der Waals surface area (Å²) in [7, 11) is 1.63. The van der Waals surface area contributed by atoms with Gasteiger partial charge in [0, 0.05) is 37.8 Å². The summed E-state index contributed by atoms with van der Waals surface area (Å²) in [5, 5.41) is 3.96. The minimum absolute atomic E-state index is 0.000299. The van der Waals surface area contributed by atoms with Crippen LogP contribution in [0.1, 0.15) is 47.3 Å². The highest BCUT2D eigenvalue weighted by molar-refractivity contribution is 5.21. The normalized spacial score (nSPS) is 19.8. The van der Waals surface area contributed by atoms with Gasteiger partial charge in [0.15, 0.2) is 5.69 Å². The molecule has 3 rings (SSSR count). The number of rotatable bonds is 3. The van der Waals surface area contributed by atoms with Gasteiger partial charge in [-0.1, -0.05) is 5.16 Å². The first-order chi connectivity index (χ1) is 11.3. The number of aromatic nitrogens is 3. The highest BCUT2D eigenvalue weighted by Gasteiger charge is 2.36. The van der Waals surface area contributed by atoms with Crippen molar-refractivity contribution in [2.24, 2.45) is 7.05 Å². The van der Waals surface area contributed by atoms with Crippen molar-refractivity contribution in [2.75, 3.05) is 13.1 Å². The zero-order valence-electron chi connectivity index (χ0n) is 14.0. The van der Waals surface area contributed by atoms with E-state index in [-0.39, 0.29) is 5.92 Å². The summed E-state index contributed by atoms with van der Waals surface area (Å²) in [6.07, 6.45) is -1.55. The van der Waals surface area contributed by atoms with Gasteiger partial charge in [-0.3, -0.25) is 4.90 Å². The first-order valence-electron chi connectivity index (χ1n) is 8.00. The van der Waals surface area contributed by atoms with Crippen molar-refractivity contribution in [1.29, 1.82) is 0 Å². The standard InChI is InChI=1S/C16H21F3N4O/c1-10-13(11(2)24-21-10)8-23-6-4-5-12(7-23)15-20-14(9-22(15)3)16(17,18)19/h9,12H,4-8H2,1-3H3/t12-/m1/s1. The van der Waals surface area contributed by atoms with Crippen LogP contribution in [0.15, 0.2) is 10.7 Å². The van der Waals surface area contributed by atoms with Gasteiger partial charge >= 0.3 is 6.18 Å². The number of hydrogen-bond donors (Lipinski definition) is 0. The van der Waals surface area contributed by atoms with Crippen LogP contribution in [-0.4, -0.2) is 32.7 Å². The van der Waals surface area contributed by atoms with Crippen molar-refractivity contribution >= 4 is 0 Å². The van der Waals surface area contributed by atoms with Crippen molar-refractivity contribution in [1.82, 2.24) is 19.6 Å². The van der Waals surface area contributed by atoms with Gasteiger partial charge in [0.2, 0.25) is 0 Å². The molecule has 1 aliphatic rings. The fourth-order valence-electron chi connectivity index (χ4n) is 3.36. The van der Waals surface area contributed by atoms with Crippen molar-refractivity contribution in [3.63, 3.8) is 0 Å². The van der Waals surface area contributed by atoms with Gasteiger partial charge in [0.1, 0.15) is 11.6 Å². The van der Waals surface area contributed by atoms with E-state index in [1.807, 2.05) is 13.8 Å². The molecule has 0 bridgehead atoms. The zero-order chi connectivity index (χ0) is 17.5. The summed E-state index contributed by atoms with van der Waals surface area (Å²) in [5.41, 5.74) is 1.11. The molecule has 2 aromatic heterocycles. The molecule has 1 atom stereocenters.